The standard InChI is InChI=1S/C18H22FN3O3/c1-2-24-17(23)16-13-25-18(20-16)22-9-3-8-21(10-11-22)12-14-4-6-15(19)7-5-14/h4-7,13H,2-3,8-12H2,1H3. The molecule has 25 heavy (non-hydrogen) atoms. The van der Waals surface area contributed by atoms with Gasteiger partial charge < -0.3 is 14.1 Å². The minimum atomic E-state index is -0.467. The van der Waals surface area contributed by atoms with Crippen LogP contribution in [-0.2, 0) is 11.3 Å². The van der Waals surface area contributed by atoms with Crippen LogP contribution in [0.15, 0.2) is 34.9 Å². The Morgan fingerprint density at radius 3 is 2.80 bits per heavy atom. The van der Waals surface area contributed by atoms with Gasteiger partial charge in [0, 0.05) is 32.7 Å². The van der Waals surface area contributed by atoms with Crippen LogP contribution in [0.2, 0.25) is 0 Å². The number of hydrogen-bond donors (Lipinski definition) is 0. The third-order valence-corrected chi connectivity index (χ3v) is 4.16. The van der Waals surface area contributed by atoms with Crippen molar-refractivity contribution in [3.63, 3.8) is 0 Å². The summed E-state index contributed by atoms with van der Waals surface area (Å²) in [7, 11) is 0. The molecule has 2 aromatic rings. The first kappa shape index (κ1) is 17.4. The lowest BCUT2D eigenvalue weighted by Gasteiger charge is -2.20. The fraction of sp³-hybridized carbons (Fsp3) is 0.444. The molecule has 1 fully saturated rings. The van der Waals surface area contributed by atoms with Gasteiger partial charge in [-0.25, -0.2) is 9.18 Å². The molecule has 0 spiro atoms. The van der Waals surface area contributed by atoms with Crippen LogP contribution in [0.5, 0.6) is 0 Å². The van der Waals surface area contributed by atoms with Gasteiger partial charge in [0.1, 0.15) is 12.1 Å². The van der Waals surface area contributed by atoms with Crippen molar-refractivity contribution in [1.29, 1.82) is 0 Å². The van der Waals surface area contributed by atoms with Gasteiger partial charge in [-0.2, -0.15) is 4.98 Å². The average molecular weight is 347 g/mol. The van der Waals surface area contributed by atoms with Gasteiger partial charge in [-0.05, 0) is 31.0 Å². The number of aromatic nitrogens is 1. The molecule has 0 radical (unpaired) electrons. The van der Waals surface area contributed by atoms with E-state index in [0.29, 0.717) is 12.6 Å². The summed E-state index contributed by atoms with van der Waals surface area (Å²) in [5.41, 5.74) is 1.29. The minimum Gasteiger partial charge on any atom is -0.461 e. The van der Waals surface area contributed by atoms with Crippen molar-refractivity contribution in [3.05, 3.63) is 47.6 Å². The summed E-state index contributed by atoms with van der Waals surface area (Å²) in [4.78, 5) is 20.3. The number of esters is 1. The van der Waals surface area contributed by atoms with Crippen LogP contribution in [-0.4, -0.2) is 48.6 Å². The number of ether oxygens (including phenoxy) is 1. The Bertz CT molecular complexity index is 702. The quantitative estimate of drug-likeness (QED) is 0.775. The lowest BCUT2D eigenvalue weighted by Crippen LogP contribution is -2.30. The van der Waals surface area contributed by atoms with E-state index in [1.165, 1.54) is 18.4 Å². The Morgan fingerprint density at radius 1 is 1.24 bits per heavy atom. The predicted molar refractivity (Wildman–Crippen MR) is 91.0 cm³/mol. The third-order valence-electron chi connectivity index (χ3n) is 4.16. The Morgan fingerprint density at radius 2 is 2.04 bits per heavy atom. The summed E-state index contributed by atoms with van der Waals surface area (Å²) in [6.45, 7) is 6.20. The van der Waals surface area contributed by atoms with Crippen LogP contribution in [0.4, 0.5) is 10.4 Å². The summed E-state index contributed by atoms with van der Waals surface area (Å²) < 4.78 is 23.4. The highest BCUT2D eigenvalue weighted by atomic mass is 19.1. The van der Waals surface area contributed by atoms with Crippen LogP contribution < -0.4 is 4.90 Å². The van der Waals surface area contributed by atoms with E-state index in [1.54, 1.807) is 6.92 Å². The third kappa shape index (κ3) is 4.57. The van der Waals surface area contributed by atoms with Crippen LogP contribution in [0.3, 0.4) is 0 Å². The SMILES string of the molecule is CCOC(=O)c1coc(N2CCCN(Cc3ccc(F)cc3)CC2)n1. The molecule has 1 aliphatic heterocycles. The van der Waals surface area contributed by atoms with E-state index in [2.05, 4.69) is 9.88 Å². The monoisotopic (exact) mass is 347 g/mol. The number of oxazole rings is 1. The van der Waals surface area contributed by atoms with E-state index in [-0.39, 0.29) is 11.5 Å². The van der Waals surface area contributed by atoms with Gasteiger partial charge in [-0.3, -0.25) is 4.90 Å². The lowest BCUT2D eigenvalue weighted by atomic mass is 10.2. The predicted octanol–water partition coefficient (Wildman–Crippen LogP) is 2.70. The fourth-order valence-corrected chi connectivity index (χ4v) is 2.88. The van der Waals surface area contributed by atoms with Crippen LogP contribution in [0, 0.1) is 5.82 Å². The van der Waals surface area contributed by atoms with Crippen LogP contribution in [0.1, 0.15) is 29.4 Å². The summed E-state index contributed by atoms with van der Waals surface area (Å²) >= 11 is 0. The molecule has 1 aromatic heterocycles. The second-order valence-corrected chi connectivity index (χ2v) is 5.98. The van der Waals surface area contributed by atoms with Crippen molar-refractivity contribution in [3.8, 4) is 0 Å². The van der Waals surface area contributed by atoms with E-state index in [4.69, 9.17) is 9.15 Å². The van der Waals surface area contributed by atoms with E-state index in [0.717, 1.165) is 44.7 Å². The molecular weight excluding hydrogens is 325 g/mol. The zero-order valence-corrected chi connectivity index (χ0v) is 14.3. The van der Waals surface area contributed by atoms with Gasteiger partial charge in [0.15, 0.2) is 5.69 Å². The van der Waals surface area contributed by atoms with E-state index < -0.39 is 5.97 Å². The molecule has 1 aliphatic rings. The normalized spacial score (nSPS) is 15.8. The van der Waals surface area contributed by atoms with Gasteiger partial charge in [0.2, 0.25) is 0 Å². The number of carbonyl (C=O) groups is 1. The summed E-state index contributed by atoms with van der Waals surface area (Å²) in [5, 5.41) is 0. The molecule has 1 saturated heterocycles. The number of nitrogens with zero attached hydrogens (tertiary/aromatic N) is 3. The van der Waals surface area contributed by atoms with Gasteiger partial charge in [0.25, 0.3) is 6.01 Å². The second kappa shape index (κ2) is 8.11. The minimum absolute atomic E-state index is 0.198. The maximum atomic E-state index is 13.0. The van der Waals surface area contributed by atoms with Crippen molar-refractivity contribution in [2.45, 2.75) is 19.9 Å². The first-order valence-electron chi connectivity index (χ1n) is 8.50. The van der Waals surface area contributed by atoms with Crippen molar-refractivity contribution < 1.29 is 18.3 Å². The molecule has 0 aliphatic carbocycles. The molecule has 0 bridgehead atoms. The Balaban J connectivity index is 1.58. The summed E-state index contributed by atoms with van der Waals surface area (Å²) in [5.74, 6) is -0.683. The molecule has 134 valence electrons. The van der Waals surface area contributed by atoms with Gasteiger partial charge in [-0.1, -0.05) is 12.1 Å². The number of anilines is 1. The molecule has 3 rings (SSSR count). The molecule has 0 atom stereocenters. The fourth-order valence-electron chi connectivity index (χ4n) is 2.88. The first-order chi connectivity index (χ1) is 12.2. The highest BCUT2D eigenvalue weighted by molar-refractivity contribution is 5.87. The number of rotatable bonds is 5. The zero-order chi connectivity index (χ0) is 17.6. The molecule has 0 unspecified atom stereocenters. The number of hydrogen-bond acceptors (Lipinski definition) is 6. The van der Waals surface area contributed by atoms with Gasteiger partial charge >= 0.3 is 5.97 Å². The average Bonchev–Trinajstić information content (AvgIpc) is 2.99. The molecule has 0 saturated carbocycles. The first-order valence-corrected chi connectivity index (χ1v) is 8.50. The molecular formula is C18H22FN3O3. The summed E-state index contributed by atoms with van der Waals surface area (Å²) in [6, 6.07) is 7.06. The van der Waals surface area contributed by atoms with Crippen LogP contribution in [0.25, 0.3) is 0 Å². The van der Waals surface area contributed by atoms with E-state index in [9.17, 15) is 9.18 Å². The van der Waals surface area contributed by atoms with Crippen molar-refractivity contribution in [2.24, 2.45) is 0 Å². The molecule has 1 aromatic carbocycles. The molecule has 0 N–H and O–H groups in total. The molecule has 2 heterocycles. The van der Waals surface area contributed by atoms with E-state index >= 15 is 0 Å². The Labute approximate surface area is 146 Å². The molecule has 6 nitrogen and oxygen atoms in total. The van der Waals surface area contributed by atoms with Gasteiger partial charge in [0.05, 0.1) is 6.61 Å². The smallest absolute Gasteiger partial charge is 0.360 e. The molecule has 7 heteroatoms. The highest BCUT2D eigenvalue weighted by Gasteiger charge is 2.21. The Kier molecular flexibility index (Phi) is 5.65. The van der Waals surface area contributed by atoms with Crippen LogP contribution >= 0.6 is 0 Å². The summed E-state index contributed by atoms with van der Waals surface area (Å²) in [6.07, 6.45) is 2.30. The zero-order valence-electron chi connectivity index (χ0n) is 14.3. The van der Waals surface area contributed by atoms with Crippen molar-refractivity contribution in [2.75, 3.05) is 37.7 Å². The van der Waals surface area contributed by atoms with E-state index in [1.807, 2.05) is 17.0 Å². The van der Waals surface area contributed by atoms with Crippen molar-refractivity contribution in [1.82, 2.24) is 9.88 Å². The van der Waals surface area contributed by atoms with Gasteiger partial charge in [-0.15, -0.1) is 0 Å². The Hall–Kier alpha value is -2.41. The maximum Gasteiger partial charge on any atom is 0.360 e. The lowest BCUT2D eigenvalue weighted by molar-refractivity contribution is 0.0519. The molecule has 0 amide bonds. The number of carbonyl (C=O) groups excluding carboxylic acids is 1. The highest BCUT2D eigenvalue weighted by Crippen LogP contribution is 2.17. The largest absolute Gasteiger partial charge is 0.461 e. The number of benzene rings is 1. The van der Waals surface area contributed by atoms with Crippen molar-refractivity contribution >= 4 is 12.0 Å². The second-order valence-electron chi connectivity index (χ2n) is 5.98. The number of halogens is 1. The topological polar surface area (TPSA) is 58.8 Å². The maximum absolute atomic E-state index is 13.0.